The molecule has 1 unspecified atom stereocenters. The van der Waals surface area contributed by atoms with Gasteiger partial charge >= 0.3 is 0 Å². The van der Waals surface area contributed by atoms with E-state index in [4.69, 9.17) is 5.11 Å². The predicted molar refractivity (Wildman–Crippen MR) is 70.6 cm³/mol. The van der Waals surface area contributed by atoms with Gasteiger partial charge < -0.3 is 5.11 Å². The van der Waals surface area contributed by atoms with Crippen molar-refractivity contribution >= 4 is 35.8 Å². The Hall–Kier alpha value is 0.245. The summed E-state index contributed by atoms with van der Waals surface area (Å²) in [5.74, 6) is 0.327. The summed E-state index contributed by atoms with van der Waals surface area (Å²) in [7, 11) is 2.81. The third kappa shape index (κ3) is 2.60. The minimum absolute atomic E-state index is 0.124. The molecule has 0 amide bonds. The zero-order valence-electron chi connectivity index (χ0n) is 7.79. The Morgan fingerprint density at radius 1 is 1.31 bits per heavy atom. The van der Waals surface area contributed by atoms with Crippen LogP contribution in [0.3, 0.4) is 0 Å². The molecule has 0 saturated heterocycles. The van der Waals surface area contributed by atoms with Crippen LogP contribution in [0, 0.1) is 0 Å². The van der Waals surface area contributed by atoms with Crippen LogP contribution in [0.25, 0.3) is 0 Å². The molecule has 0 radical (unpaired) electrons. The van der Waals surface area contributed by atoms with Crippen molar-refractivity contribution in [2.75, 3.05) is 0 Å². The van der Waals surface area contributed by atoms with Crippen LogP contribution in [0.5, 0.6) is 5.75 Å². The fourth-order valence-corrected chi connectivity index (χ4v) is 1.60. The van der Waals surface area contributed by atoms with Crippen molar-refractivity contribution in [1.29, 1.82) is 0 Å². The number of phenols is 1. The first-order chi connectivity index (χ1) is 5.94. The quantitative estimate of drug-likeness (QED) is 0.506. The smallest absolute Gasteiger partial charge is 0.249 e. The molecule has 1 atom stereocenters. The fourth-order valence-electron chi connectivity index (χ4n) is 1.05. The molecule has 0 aliphatic heterocycles. The molecule has 0 heterocycles. The van der Waals surface area contributed by atoms with E-state index in [2.05, 4.69) is 45.3 Å². The molecule has 1 nitrogen and oxygen atoms in total. The number of benzene rings is 1. The van der Waals surface area contributed by atoms with Crippen LogP contribution in [0.15, 0.2) is 24.3 Å². The molecule has 0 spiro atoms. The van der Waals surface area contributed by atoms with Gasteiger partial charge in [-0.05, 0) is 23.0 Å². The summed E-state index contributed by atoms with van der Waals surface area (Å²) in [5, 5.41) is 9.28. The SMILES string of the molecule is CC(C)(B(P)I)c1ccc(O)cc1. The lowest BCUT2D eigenvalue weighted by Gasteiger charge is -2.26. The largest absolute Gasteiger partial charge is 0.508 e. The zero-order valence-corrected chi connectivity index (χ0v) is 11.1. The second-order valence-corrected chi connectivity index (χ2v) is 7.04. The molecule has 13 heavy (non-hydrogen) atoms. The molecule has 0 fully saturated rings. The summed E-state index contributed by atoms with van der Waals surface area (Å²) in [5.41, 5.74) is 1.25. The molecule has 0 aliphatic rings. The molecule has 0 aromatic heterocycles. The van der Waals surface area contributed by atoms with Gasteiger partial charge in [0.25, 0.3) is 0 Å². The number of aromatic hydroxyl groups is 1. The number of phenolic OH excluding ortho intramolecular Hbond substituents is 1. The lowest BCUT2D eigenvalue weighted by atomic mass is 9.66. The lowest BCUT2D eigenvalue weighted by molar-refractivity contribution is 0.475. The molecule has 1 aromatic rings. The second-order valence-electron chi connectivity index (χ2n) is 3.67. The first kappa shape index (κ1) is 11.3. The van der Waals surface area contributed by atoms with Gasteiger partial charge in [-0.2, -0.15) is 9.12 Å². The molecule has 1 N–H and O–H groups in total. The third-order valence-corrected chi connectivity index (χ3v) is 4.69. The minimum Gasteiger partial charge on any atom is -0.508 e. The highest BCUT2D eigenvalue weighted by Crippen LogP contribution is 2.33. The summed E-state index contributed by atoms with van der Waals surface area (Å²) in [6, 6.07) is 7.43. The van der Waals surface area contributed by atoms with Crippen LogP contribution in [-0.2, 0) is 5.31 Å². The lowest BCUT2D eigenvalue weighted by Crippen LogP contribution is -2.28. The van der Waals surface area contributed by atoms with Gasteiger partial charge in [0.1, 0.15) is 5.75 Å². The van der Waals surface area contributed by atoms with Gasteiger partial charge in [0.15, 0.2) is 0 Å². The van der Waals surface area contributed by atoms with E-state index >= 15 is 0 Å². The number of hydrogen-bond donors (Lipinski definition) is 1. The number of hydrogen-bond acceptors (Lipinski definition) is 1. The van der Waals surface area contributed by atoms with Gasteiger partial charge in [-0.1, -0.05) is 26.0 Å². The Bertz CT molecular complexity index is 284. The van der Waals surface area contributed by atoms with E-state index in [0.717, 1.165) is 0 Å². The van der Waals surface area contributed by atoms with Gasteiger partial charge in [0.2, 0.25) is 4.29 Å². The molecule has 4 heteroatoms. The number of halogens is 1. The Labute approximate surface area is 95.4 Å². The highest BCUT2D eigenvalue weighted by molar-refractivity contribution is 14.1. The maximum absolute atomic E-state index is 9.15. The standard InChI is InChI=1S/C9H13BIOP/c1-9(2,10(11)13)7-3-5-8(12)6-4-7/h3-6,12H,13H2,1-2H3. The van der Waals surface area contributed by atoms with Crippen molar-refractivity contribution in [1.82, 2.24) is 0 Å². The van der Waals surface area contributed by atoms with E-state index in [9.17, 15) is 0 Å². The maximum Gasteiger partial charge on any atom is 0.249 e. The summed E-state index contributed by atoms with van der Waals surface area (Å²) >= 11 is 2.40. The monoisotopic (exact) mass is 306 g/mol. The molecular formula is C9H13BIOP. The first-order valence-corrected chi connectivity index (χ1v) is 6.05. The molecule has 1 aromatic carbocycles. The predicted octanol–water partition coefficient (Wildman–Crippen LogP) is 3.01. The Kier molecular flexibility index (Phi) is 3.64. The van der Waals surface area contributed by atoms with E-state index < -0.39 is 0 Å². The van der Waals surface area contributed by atoms with Crippen molar-refractivity contribution in [3.63, 3.8) is 0 Å². The number of rotatable bonds is 2. The van der Waals surface area contributed by atoms with E-state index in [1.807, 2.05) is 12.1 Å². The second kappa shape index (κ2) is 4.18. The van der Waals surface area contributed by atoms with Gasteiger partial charge in [0.05, 0.1) is 0 Å². The molecule has 0 saturated carbocycles. The van der Waals surface area contributed by atoms with Crippen molar-refractivity contribution in [2.45, 2.75) is 19.2 Å². The Balaban J connectivity index is 3.01. The Morgan fingerprint density at radius 3 is 2.15 bits per heavy atom. The molecule has 70 valence electrons. The molecule has 0 bridgehead atoms. The third-order valence-electron chi connectivity index (χ3n) is 2.30. The van der Waals surface area contributed by atoms with Crippen LogP contribution in [0.2, 0.25) is 0 Å². The Morgan fingerprint density at radius 2 is 1.77 bits per heavy atom. The summed E-state index contributed by atoms with van der Waals surface area (Å²) < 4.78 is 0.481. The normalized spacial score (nSPS) is 11.4. The van der Waals surface area contributed by atoms with Crippen LogP contribution in [-0.4, -0.2) is 9.40 Å². The fraction of sp³-hybridized carbons (Fsp3) is 0.333. The van der Waals surface area contributed by atoms with Gasteiger partial charge in [-0.3, -0.25) is 0 Å². The zero-order chi connectivity index (χ0) is 10.1. The van der Waals surface area contributed by atoms with Crippen LogP contribution in [0.4, 0.5) is 0 Å². The van der Waals surface area contributed by atoms with Crippen molar-refractivity contribution < 1.29 is 5.11 Å². The first-order valence-electron chi connectivity index (χ1n) is 4.14. The van der Waals surface area contributed by atoms with E-state index in [-0.39, 0.29) is 5.31 Å². The summed E-state index contributed by atoms with van der Waals surface area (Å²) in [4.78, 5) is 0. The van der Waals surface area contributed by atoms with Crippen LogP contribution >= 0.6 is 31.5 Å². The molecule has 0 aliphatic carbocycles. The van der Waals surface area contributed by atoms with E-state index in [1.54, 1.807) is 12.1 Å². The van der Waals surface area contributed by atoms with Gasteiger partial charge in [-0.25, -0.2) is 0 Å². The van der Waals surface area contributed by atoms with Crippen molar-refractivity contribution in [3.05, 3.63) is 29.8 Å². The highest BCUT2D eigenvalue weighted by atomic mass is 127. The van der Waals surface area contributed by atoms with Crippen molar-refractivity contribution in [2.24, 2.45) is 0 Å². The van der Waals surface area contributed by atoms with Crippen LogP contribution < -0.4 is 0 Å². The van der Waals surface area contributed by atoms with Gasteiger partial charge in [0, 0.05) is 0 Å². The highest BCUT2D eigenvalue weighted by Gasteiger charge is 2.29. The van der Waals surface area contributed by atoms with E-state index in [0.29, 0.717) is 10.0 Å². The molecule has 1 rings (SSSR count). The average Bonchev–Trinajstić information content (AvgIpc) is 2.04. The molecular weight excluding hydrogens is 293 g/mol. The van der Waals surface area contributed by atoms with Crippen molar-refractivity contribution in [3.8, 4) is 5.75 Å². The topological polar surface area (TPSA) is 20.2 Å². The van der Waals surface area contributed by atoms with E-state index in [1.165, 1.54) is 5.56 Å². The summed E-state index contributed by atoms with van der Waals surface area (Å²) in [6.45, 7) is 4.40. The maximum atomic E-state index is 9.15. The average molecular weight is 306 g/mol. The minimum atomic E-state index is 0.124. The summed E-state index contributed by atoms with van der Waals surface area (Å²) in [6.07, 6.45) is 0. The van der Waals surface area contributed by atoms with Gasteiger partial charge in [-0.15, -0.1) is 22.4 Å². The van der Waals surface area contributed by atoms with Crippen LogP contribution in [0.1, 0.15) is 19.4 Å².